The fourth-order valence-corrected chi connectivity index (χ4v) is 4.19. The number of halogens is 3. The molecule has 1 aliphatic carbocycles. The number of nitrogens with zero attached hydrogens (tertiary/aromatic N) is 1. The summed E-state index contributed by atoms with van der Waals surface area (Å²) in [6, 6.07) is 9.01. The van der Waals surface area contributed by atoms with Crippen molar-refractivity contribution in [1.29, 1.82) is 0 Å². The quantitative estimate of drug-likeness (QED) is 0.385. The Morgan fingerprint density at radius 1 is 1.13 bits per heavy atom. The van der Waals surface area contributed by atoms with E-state index in [9.17, 15) is 18.3 Å². The van der Waals surface area contributed by atoms with Gasteiger partial charge in [-0.15, -0.1) is 0 Å². The van der Waals surface area contributed by atoms with Crippen LogP contribution in [-0.2, 0) is 30.6 Å². The lowest BCUT2D eigenvalue weighted by Crippen LogP contribution is -2.15. The van der Waals surface area contributed by atoms with E-state index < -0.39 is 18.6 Å². The SMILES string of the molecule is [2H]C([2H])([2H])/C(=N\OCc1ccc(C2CCCCC2)c(C(F)(F)F)c1)c1ccc(CO)c(CC)c1. The number of aryl methyl sites for hydroxylation is 1. The molecule has 6 heteroatoms. The molecule has 31 heavy (non-hydrogen) atoms. The molecule has 0 atom stereocenters. The number of hydrogen-bond acceptors (Lipinski definition) is 3. The first-order valence-corrected chi connectivity index (χ1v) is 10.7. The second kappa shape index (κ2) is 10.3. The van der Waals surface area contributed by atoms with Crippen molar-refractivity contribution in [2.75, 3.05) is 0 Å². The van der Waals surface area contributed by atoms with Crippen LogP contribution in [0.5, 0.6) is 0 Å². The lowest BCUT2D eigenvalue weighted by Gasteiger charge is -2.25. The molecule has 3 rings (SSSR count). The lowest BCUT2D eigenvalue weighted by atomic mass is 9.81. The zero-order valence-electron chi connectivity index (χ0n) is 20.6. The molecule has 168 valence electrons. The minimum absolute atomic E-state index is 0.102. The molecule has 0 spiro atoms. The highest BCUT2D eigenvalue weighted by atomic mass is 19.4. The highest BCUT2D eigenvalue weighted by molar-refractivity contribution is 5.98. The van der Waals surface area contributed by atoms with Crippen LogP contribution in [0.25, 0.3) is 0 Å². The molecule has 0 aromatic heterocycles. The van der Waals surface area contributed by atoms with Gasteiger partial charge in [-0.25, -0.2) is 0 Å². The molecule has 0 heterocycles. The van der Waals surface area contributed by atoms with Gasteiger partial charge in [0.15, 0.2) is 0 Å². The Hall–Kier alpha value is -2.34. The van der Waals surface area contributed by atoms with Crippen molar-refractivity contribution in [3.63, 3.8) is 0 Å². The summed E-state index contributed by atoms with van der Waals surface area (Å²) in [7, 11) is 0. The first-order chi connectivity index (χ1) is 16.0. The number of oxime groups is 1. The largest absolute Gasteiger partial charge is 0.416 e. The Morgan fingerprint density at radius 3 is 2.55 bits per heavy atom. The summed E-state index contributed by atoms with van der Waals surface area (Å²) in [4.78, 5) is 5.26. The highest BCUT2D eigenvalue weighted by Gasteiger charge is 2.35. The van der Waals surface area contributed by atoms with Crippen molar-refractivity contribution in [1.82, 2.24) is 0 Å². The molecule has 3 nitrogen and oxygen atoms in total. The Labute approximate surface area is 186 Å². The van der Waals surface area contributed by atoms with Crippen molar-refractivity contribution < 1.29 is 27.2 Å². The Balaban J connectivity index is 1.85. The number of benzene rings is 2. The first-order valence-electron chi connectivity index (χ1n) is 12.2. The lowest BCUT2D eigenvalue weighted by molar-refractivity contribution is -0.138. The third-order valence-electron chi connectivity index (χ3n) is 5.89. The van der Waals surface area contributed by atoms with Crippen LogP contribution in [0.2, 0.25) is 0 Å². The average Bonchev–Trinajstić information content (AvgIpc) is 2.80. The second-order valence-corrected chi connectivity index (χ2v) is 7.96. The normalized spacial score (nSPS) is 17.7. The van der Waals surface area contributed by atoms with Crippen LogP contribution in [0.3, 0.4) is 0 Å². The smallest absolute Gasteiger partial charge is 0.392 e. The number of aliphatic hydroxyl groups excluding tert-OH is 1. The van der Waals surface area contributed by atoms with E-state index in [1.54, 1.807) is 24.3 Å². The summed E-state index contributed by atoms with van der Waals surface area (Å²) in [5, 5.41) is 13.2. The van der Waals surface area contributed by atoms with E-state index in [0.717, 1.165) is 43.7 Å². The molecular formula is C25H30F3NO2. The summed E-state index contributed by atoms with van der Waals surface area (Å²) in [5.41, 5.74) is 1.43. The molecule has 0 aliphatic heterocycles. The van der Waals surface area contributed by atoms with Crippen LogP contribution in [-0.4, -0.2) is 10.8 Å². The number of hydrogen-bond donors (Lipinski definition) is 1. The van der Waals surface area contributed by atoms with Gasteiger partial charge < -0.3 is 9.94 Å². The summed E-state index contributed by atoms with van der Waals surface area (Å²) in [6.45, 7) is -1.16. The molecule has 1 N–H and O–H groups in total. The van der Waals surface area contributed by atoms with Gasteiger partial charge in [0, 0.05) is 4.11 Å². The predicted octanol–water partition coefficient (Wildman–Crippen LogP) is 6.75. The number of aliphatic hydroxyl groups is 1. The van der Waals surface area contributed by atoms with E-state index in [0.29, 0.717) is 23.1 Å². The van der Waals surface area contributed by atoms with Crippen molar-refractivity contribution in [2.45, 2.75) is 77.6 Å². The van der Waals surface area contributed by atoms with E-state index in [2.05, 4.69) is 5.16 Å². The summed E-state index contributed by atoms with van der Waals surface area (Å²) < 4.78 is 64.8. The summed E-state index contributed by atoms with van der Waals surface area (Å²) in [5.74, 6) is -0.102. The van der Waals surface area contributed by atoms with Crippen molar-refractivity contribution in [2.24, 2.45) is 5.16 Å². The molecule has 0 unspecified atom stereocenters. The van der Waals surface area contributed by atoms with Crippen LogP contribution >= 0.6 is 0 Å². The van der Waals surface area contributed by atoms with Crippen LogP contribution < -0.4 is 0 Å². The van der Waals surface area contributed by atoms with Crippen LogP contribution in [0, 0.1) is 0 Å². The van der Waals surface area contributed by atoms with E-state index >= 15 is 0 Å². The molecule has 0 amide bonds. The molecule has 0 radical (unpaired) electrons. The van der Waals surface area contributed by atoms with E-state index in [-0.39, 0.29) is 30.4 Å². The Kier molecular flexibility index (Phi) is 6.44. The topological polar surface area (TPSA) is 41.8 Å². The van der Waals surface area contributed by atoms with Crippen molar-refractivity contribution >= 4 is 5.71 Å². The van der Waals surface area contributed by atoms with E-state index in [1.165, 1.54) is 6.07 Å². The molecule has 2 aromatic rings. The van der Waals surface area contributed by atoms with Crippen LogP contribution in [0.4, 0.5) is 13.2 Å². The average molecular weight is 437 g/mol. The van der Waals surface area contributed by atoms with Gasteiger partial charge in [0.25, 0.3) is 0 Å². The van der Waals surface area contributed by atoms with Crippen molar-refractivity contribution in [3.8, 4) is 0 Å². The monoisotopic (exact) mass is 436 g/mol. The molecule has 0 saturated heterocycles. The van der Waals surface area contributed by atoms with Gasteiger partial charge in [0.2, 0.25) is 0 Å². The summed E-state index contributed by atoms with van der Waals surface area (Å²) in [6.07, 6.45) is 0.514. The minimum atomic E-state index is -4.49. The zero-order valence-corrected chi connectivity index (χ0v) is 17.6. The predicted molar refractivity (Wildman–Crippen MR) is 116 cm³/mol. The third kappa shape index (κ3) is 5.88. The summed E-state index contributed by atoms with van der Waals surface area (Å²) >= 11 is 0. The highest BCUT2D eigenvalue weighted by Crippen LogP contribution is 2.41. The maximum absolute atomic E-state index is 13.8. The third-order valence-corrected chi connectivity index (χ3v) is 5.89. The van der Waals surface area contributed by atoms with Gasteiger partial charge in [-0.05, 0) is 72.0 Å². The Bertz CT molecular complexity index is 1010. The molecular weight excluding hydrogens is 403 g/mol. The fraction of sp³-hybridized carbons (Fsp3) is 0.480. The first kappa shape index (κ1) is 19.4. The van der Waals surface area contributed by atoms with Gasteiger partial charge in [0.1, 0.15) is 6.61 Å². The maximum Gasteiger partial charge on any atom is 0.416 e. The van der Waals surface area contributed by atoms with Gasteiger partial charge in [0.05, 0.1) is 17.9 Å². The second-order valence-electron chi connectivity index (χ2n) is 7.96. The van der Waals surface area contributed by atoms with Gasteiger partial charge in [-0.1, -0.05) is 55.6 Å². The maximum atomic E-state index is 13.8. The standard InChI is InChI=1S/C25H30F3NO2/c1-3-19-14-21(10-11-22(19)15-30)17(2)29-31-16-18-9-12-23(20-7-5-4-6-8-20)24(13-18)25(26,27)28/h9-14,20,30H,3-8,15-16H2,1-2H3/b29-17+/i2D3. The molecule has 0 bridgehead atoms. The minimum Gasteiger partial charge on any atom is -0.392 e. The Morgan fingerprint density at radius 2 is 1.90 bits per heavy atom. The van der Waals surface area contributed by atoms with Crippen molar-refractivity contribution in [3.05, 3.63) is 69.8 Å². The molecule has 1 fully saturated rings. The number of alkyl halides is 3. The van der Waals surface area contributed by atoms with Gasteiger partial charge in [-0.3, -0.25) is 0 Å². The van der Waals surface area contributed by atoms with E-state index in [1.807, 2.05) is 6.92 Å². The number of rotatable bonds is 7. The van der Waals surface area contributed by atoms with E-state index in [4.69, 9.17) is 8.95 Å². The van der Waals surface area contributed by atoms with Gasteiger partial charge >= 0.3 is 6.18 Å². The molecule has 1 aliphatic rings. The zero-order chi connectivity index (χ0) is 24.9. The van der Waals surface area contributed by atoms with Gasteiger partial charge in [-0.2, -0.15) is 13.2 Å². The molecule has 1 saturated carbocycles. The van der Waals surface area contributed by atoms with Crippen LogP contribution in [0.15, 0.2) is 41.6 Å². The van der Waals surface area contributed by atoms with Crippen LogP contribution in [0.1, 0.15) is 89.3 Å². The fourth-order valence-electron chi connectivity index (χ4n) is 4.19. The molecule has 2 aromatic carbocycles.